The molecule has 0 amide bonds. The molecule has 0 spiro atoms. The van der Waals surface area contributed by atoms with Gasteiger partial charge in [-0.2, -0.15) is 0 Å². The second kappa shape index (κ2) is 2.35. The Bertz CT molecular complexity index is 277. The van der Waals surface area contributed by atoms with E-state index in [1.54, 1.807) is 0 Å². The molecule has 0 aromatic rings. The molecule has 2 N–H and O–H groups in total. The van der Waals surface area contributed by atoms with Gasteiger partial charge in [-0.25, -0.2) is 0 Å². The van der Waals surface area contributed by atoms with Crippen LogP contribution in [0.2, 0.25) is 0 Å². The molecule has 4 aliphatic carbocycles. The second-order valence-electron chi connectivity index (χ2n) is 6.61. The average molecular weight is 196 g/mol. The highest BCUT2D eigenvalue weighted by Crippen LogP contribution is 2.64. The molecule has 14 heavy (non-hydrogen) atoms. The van der Waals surface area contributed by atoms with Crippen molar-refractivity contribution in [2.24, 2.45) is 22.7 Å². The number of rotatable bonds is 0. The van der Waals surface area contributed by atoms with Crippen LogP contribution in [0.15, 0.2) is 0 Å². The van der Waals surface area contributed by atoms with Gasteiger partial charge in [0.25, 0.3) is 0 Å². The molecule has 4 fully saturated rings. The predicted octanol–water partition coefficient (Wildman–Crippen LogP) is 1.55. The summed E-state index contributed by atoms with van der Waals surface area (Å²) in [5, 5.41) is 20.3. The van der Waals surface area contributed by atoms with Crippen molar-refractivity contribution >= 4 is 0 Å². The summed E-state index contributed by atoms with van der Waals surface area (Å²) >= 11 is 0. The van der Waals surface area contributed by atoms with Crippen LogP contribution in [0.5, 0.6) is 0 Å². The number of hydrogen-bond donors (Lipinski definition) is 2. The standard InChI is InChI=1S/C12H20O2/c1-11-3-7-4-12(2,6-11)10(14)8(5-11)9(7)13/h7-10,13-14H,3-6H2,1-2H3/t7-,8-,9+,10-,11-,12-/m0/s1. The van der Waals surface area contributed by atoms with Gasteiger partial charge in [0.05, 0.1) is 12.2 Å². The van der Waals surface area contributed by atoms with Gasteiger partial charge in [-0.15, -0.1) is 0 Å². The van der Waals surface area contributed by atoms with Gasteiger partial charge < -0.3 is 10.2 Å². The molecule has 4 saturated carbocycles. The van der Waals surface area contributed by atoms with Crippen LogP contribution >= 0.6 is 0 Å². The van der Waals surface area contributed by atoms with Crippen LogP contribution in [0.25, 0.3) is 0 Å². The van der Waals surface area contributed by atoms with Gasteiger partial charge in [-0.3, -0.25) is 0 Å². The van der Waals surface area contributed by atoms with Gasteiger partial charge in [0.15, 0.2) is 0 Å². The first-order valence-electron chi connectivity index (χ1n) is 5.80. The van der Waals surface area contributed by atoms with Crippen molar-refractivity contribution in [2.45, 2.75) is 51.7 Å². The summed E-state index contributed by atoms with van der Waals surface area (Å²) in [5.41, 5.74) is 0.501. The van der Waals surface area contributed by atoms with Gasteiger partial charge in [0, 0.05) is 5.92 Å². The topological polar surface area (TPSA) is 40.5 Å². The Morgan fingerprint density at radius 2 is 1.79 bits per heavy atom. The van der Waals surface area contributed by atoms with E-state index >= 15 is 0 Å². The van der Waals surface area contributed by atoms with E-state index in [-0.39, 0.29) is 23.5 Å². The molecule has 2 nitrogen and oxygen atoms in total. The van der Waals surface area contributed by atoms with Crippen LogP contribution in [0, 0.1) is 22.7 Å². The zero-order chi connectivity index (χ0) is 10.1. The first-order valence-corrected chi connectivity index (χ1v) is 5.80. The lowest BCUT2D eigenvalue weighted by molar-refractivity contribution is -0.225. The van der Waals surface area contributed by atoms with E-state index in [0.29, 0.717) is 11.3 Å². The van der Waals surface area contributed by atoms with Crippen LogP contribution in [-0.2, 0) is 0 Å². The van der Waals surface area contributed by atoms with Crippen LogP contribution in [-0.4, -0.2) is 22.4 Å². The van der Waals surface area contributed by atoms with Gasteiger partial charge in [0.2, 0.25) is 0 Å². The van der Waals surface area contributed by atoms with Gasteiger partial charge >= 0.3 is 0 Å². The molecule has 2 heteroatoms. The molecular weight excluding hydrogens is 176 g/mol. The molecule has 0 unspecified atom stereocenters. The van der Waals surface area contributed by atoms with Crippen LogP contribution < -0.4 is 0 Å². The van der Waals surface area contributed by atoms with Crippen molar-refractivity contribution in [2.75, 3.05) is 0 Å². The Hall–Kier alpha value is -0.0800. The lowest BCUT2D eigenvalue weighted by Crippen LogP contribution is -2.63. The molecule has 0 aromatic heterocycles. The SMILES string of the molecule is C[C@@]12C[C@H]3C[C@@](C)(C1)[C@@H](O)[C@@H](C2)[C@@H]3O. The molecule has 4 bridgehead atoms. The van der Waals surface area contributed by atoms with E-state index < -0.39 is 0 Å². The van der Waals surface area contributed by atoms with E-state index in [4.69, 9.17) is 0 Å². The van der Waals surface area contributed by atoms with Crippen LogP contribution in [0.3, 0.4) is 0 Å². The Labute approximate surface area is 85.3 Å². The minimum Gasteiger partial charge on any atom is -0.392 e. The second-order valence-corrected chi connectivity index (χ2v) is 6.61. The van der Waals surface area contributed by atoms with E-state index in [1.165, 1.54) is 6.42 Å². The maximum absolute atomic E-state index is 10.2. The number of hydrogen-bond acceptors (Lipinski definition) is 2. The van der Waals surface area contributed by atoms with Crippen LogP contribution in [0.1, 0.15) is 39.5 Å². The minimum atomic E-state index is -0.262. The molecular formula is C12H20O2. The van der Waals surface area contributed by atoms with Gasteiger partial charge in [0.1, 0.15) is 0 Å². The largest absolute Gasteiger partial charge is 0.392 e. The van der Waals surface area contributed by atoms with Crippen molar-refractivity contribution < 1.29 is 10.2 Å². The first-order chi connectivity index (χ1) is 6.44. The molecule has 0 aliphatic heterocycles. The highest BCUT2D eigenvalue weighted by Gasteiger charge is 2.62. The molecule has 0 aromatic carbocycles. The van der Waals surface area contributed by atoms with E-state index in [0.717, 1.165) is 19.3 Å². The maximum Gasteiger partial charge on any atom is 0.0647 e. The molecule has 4 aliphatic rings. The first kappa shape index (κ1) is 9.17. The summed E-state index contributed by atoms with van der Waals surface area (Å²) in [6, 6.07) is 0. The Morgan fingerprint density at radius 3 is 2.50 bits per heavy atom. The lowest BCUT2D eigenvalue weighted by Gasteiger charge is -2.64. The molecule has 6 atom stereocenters. The highest BCUT2D eigenvalue weighted by molar-refractivity contribution is 5.12. The van der Waals surface area contributed by atoms with E-state index in [1.807, 2.05) is 0 Å². The zero-order valence-electron chi connectivity index (χ0n) is 9.03. The number of aliphatic hydroxyl groups excluding tert-OH is 2. The third-order valence-electron chi connectivity index (χ3n) is 5.08. The summed E-state index contributed by atoms with van der Waals surface area (Å²) in [6.07, 6.45) is 3.89. The van der Waals surface area contributed by atoms with E-state index in [9.17, 15) is 10.2 Å². The van der Waals surface area contributed by atoms with Crippen molar-refractivity contribution in [1.82, 2.24) is 0 Å². The Morgan fingerprint density at radius 1 is 1.07 bits per heavy atom. The zero-order valence-corrected chi connectivity index (χ0v) is 9.03. The highest BCUT2D eigenvalue weighted by atomic mass is 16.3. The molecule has 0 heterocycles. The summed E-state index contributed by atoms with van der Waals surface area (Å²) in [4.78, 5) is 0. The molecule has 0 saturated heterocycles. The summed E-state index contributed by atoms with van der Waals surface area (Å²) in [7, 11) is 0. The van der Waals surface area contributed by atoms with Crippen molar-refractivity contribution in [1.29, 1.82) is 0 Å². The minimum absolute atomic E-state index is 0.0970. The molecule has 4 rings (SSSR count). The summed E-state index contributed by atoms with van der Waals surface area (Å²) < 4.78 is 0. The maximum atomic E-state index is 10.2. The van der Waals surface area contributed by atoms with Gasteiger partial charge in [-0.05, 0) is 42.4 Å². The average Bonchev–Trinajstić information content (AvgIpc) is 2.07. The third-order valence-corrected chi connectivity index (χ3v) is 5.08. The quantitative estimate of drug-likeness (QED) is 0.617. The van der Waals surface area contributed by atoms with Crippen molar-refractivity contribution in [3.05, 3.63) is 0 Å². The number of aliphatic hydroxyl groups is 2. The van der Waals surface area contributed by atoms with Crippen molar-refractivity contribution in [3.8, 4) is 0 Å². The van der Waals surface area contributed by atoms with Gasteiger partial charge in [-0.1, -0.05) is 13.8 Å². The van der Waals surface area contributed by atoms with Crippen LogP contribution in [0.4, 0.5) is 0 Å². The summed E-state index contributed by atoms with van der Waals surface area (Å²) in [5.74, 6) is 0.618. The Kier molecular flexibility index (Phi) is 1.54. The third kappa shape index (κ3) is 0.938. The summed E-state index contributed by atoms with van der Waals surface area (Å²) in [6.45, 7) is 4.54. The fourth-order valence-electron chi connectivity index (χ4n) is 4.90. The Balaban J connectivity index is 2.03. The van der Waals surface area contributed by atoms with Crippen molar-refractivity contribution in [3.63, 3.8) is 0 Å². The smallest absolute Gasteiger partial charge is 0.0647 e. The monoisotopic (exact) mass is 196 g/mol. The van der Waals surface area contributed by atoms with E-state index in [2.05, 4.69) is 13.8 Å². The fraction of sp³-hybridized carbons (Fsp3) is 1.00. The fourth-order valence-corrected chi connectivity index (χ4v) is 4.90. The molecule has 0 radical (unpaired) electrons. The molecule has 80 valence electrons. The normalized spacial score (nSPS) is 66.0. The lowest BCUT2D eigenvalue weighted by atomic mass is 9.43. The predicted molar refractivity (Wildman–Crippen MR) is 53.7 cm³/mol.